The van der Waals surface area contributed by atoms with Crippen molar-refractivity contribution in [3.8, 4) is 0 Å². The summed E-state index contributed by atoms with van der Waals surface area (Å²) in [6.45, 7) is 5.17. The molecule has 20 heavy (non-hydrogen) atoms. The maximum absolute atomic E-state index is 12.1. The van der Waals surface area contributed by atoms with Crippen molar-refractivity contribution in [2.24, 2.45) is 11.7 Å². The molecular formula is C16H33N3O. The second kappa shape index (κ2) is 7.99. The van der Waals surface area contributed by atoms with Crippen LogP contribution in [0.1, 0.15) is 58.8 Å². The molecule has 1 fully saturated rings. The number of carbonyl (C=O) groups excluding carboxylic acids is 1. The van der Waals surface area contributed by atoms with E-state index in [2.05, 4.69) is 38.2 Å². The van der Waals surface area contributed by atoms with Crippen LogP contribution in [-0.4, -0.2) is 43.0 Å². The highest BCUT2D eigenvalue weighted by atomic mass is 16.1. The molecule has 0 aliphatic heterocycles. The number of carbonyl (C=O) groups is 1. The van der Waals surface area contributed by atoms with Gasteiger partial charge in [0.15, 0.2) is 0 Å². The lowest BCUT2D eigenvalue weighted by atomic mass is 9.92. The van der Waals surface area contributed by atoms with Gasteiger partial charge in [-0.2, -0.15) is 0 Å². The highest BCUT2D eigenvalue weighted by Crippen LogP contribution is 2.29. The highest BCUT2D eigenvalue weighted by molar-refractivity contribution is 5.77. The van der Waals surface area contributed by atoms with Gasteiger partial charge in [-0.3, -0.25) is 4.79 Å². The van der Waals surface area contributed by atoms with Gasteiger partial charge in [-0.15, -0.1) is 0 Å². The third-order valence-electron chi connectivity index (χ3n) is 4.88. The van der Waals surface area contributed by atoms with Crippen molar-refractivity contribution in [1.82, 2.24) is 10.2 Å². The van der Waals surface area contributed by atoms with Gasteiger partial charge in [0, 0.05) is 24.5 Å². The van der Waals surface area contributed by atoms with E-state index < -0.39 is 0 Å². The van der Waals surface area contributed by atoms with Gasteiger partial charge < -0.3 is 16.0 Å². The van der Waals surface area contributed by atoms with Crippen molar-refractivity contribution in [2.45, 2.75) is 70.4 Å². The third-order valence-corrected chi connectivity index (χ3v) is 4.88. The molecule has 0 saturated heterocycles. The van der Waals surface area contributed by atoms with E-state index in [1.807, 2.05) is 0 Å². The van der Waals surface area contributed by atoms with Crippen molar-refractivity contribution in [3.63, 3.8) is 0 Å². The quantitative estimate of drug-likeness (QED) is 0.717. The fourth-order valence-electron chi connectivity index (χ4n) is 3.46. The second-order valence-corrected chi connectivity index (χ2v) is 6.66. The van der Waals surface area contributed by atoms with Gasteiger partial charge in [0.05, 0.1) is 0 Å². The molecule has 0 heterocycles. The van der Waals surface area contributed by atoms with E-state index in [9.17, 15) is 4.79 Å². The molecule has 4 heteroatoms. The van der Waals surface area contributed by atoms with Gasteiger partial charge in [0.2, 0.25) is 5.91 Å². The average molecular weight is 283 g/mol. The maximum atomic E-state index is 12.1. The molecule has 1 rings (SSSR count). The molecule has 0 aromatic rings. The molecule has 118 valence electrons. The topological polar surface area (TPSA) is 58.4 Å². The Bertz CT molecular complexity index is 294. The summed E-state index contributed by atoms with van der Waals surface area (Å²) >= 11 is 0. The molecule has 3 N–H and O–H groups in total. The highest BCUT2D eigenvalue weighted by Gasteiger charge is 2.32. The van der Waals surface area contributed by atoms with Crippen LogP contribution in [-0.2, 0) is 4.79 Å². The van der Waals surface area contributed by atoms with E-state index in [0.717, 1.165) is 45.1 Å². The number of hydrogen-bond donors (Lipinski definition) is 2. The molecule has 0 aromatic carbocycles. The molecule has 0 spiro atoms. The monoisotopic (exact) mass is 283 g/mol. The Morgan fingerprint density at radius 2 is 1.80 bits per heavy atom. The number of likely N-dealkylation sites (N-methyl/N-ethyl adjacent to an activating group) is 1. The van der Waals surface area contributed by atoms with E-state index in [1.54, 1.807) is 0 Å². The molecule has 1 aliphatic carbocycles. The SMILES string of the molecule is CCC(CC)C(CNC(=O)CC1(N)CCCC1)N(C)C. The molecule has 0 aromatic heterocycles. The molecule has 1 atom stereocenters. The van der Waals surface area contributed by atoms with Crippen LogP contribution in [0.4, 0.5) is 0 Å². The summed E-state index contributed by atoms with van der Waals surface area (Å²) in [5, 5.41) is 3.10. The minimum absolute atomic E-state index is 0.118. The summed E-state index contributed by atoms with van der Waals surface area (Å²) in [7, 11) is 4.19. The average Bonchev–Trinajstić information content (AvgIpc) is 2.80. The van der Waals surface area contributed by atoms with Crippen LogP contribution in [0.2, 0.25) is 0 Å². The van der Waals surface area contributed by atoms with E-state index >= 15 is 0 Å². The van der Waals surface area contributed by atoms with Crippen LogP contribution in [0.15, 0.2) is 0 Å². The maximum Gasteiger partial charge on any atom is 0.221 e. The van der Waals surface area contributed by atoms with Gasteiger partial charge in [-0.1, -0.05) is 39.5 Å². The van der Waals surface area contributed by atoms with Crippen LogP contribution >= 0.6 is 0 Å². The zero-order chi connectivity index (χ0) is 15.2. The van der Waals surface area contributed by atoms with E-state index in [-0.39, 0.29) is 11.4 Å². The Balaban J connectivity index is 2.44. The Hall–Kier alpha value is -0.610. The van der Waals surface area contributed by atoms with Gasteiger partial charge >= 0.3 is 0 Å². The second-order valence-electron chi connectivity index (χ2n) is 6.66. The first-order valence-electron chi connectivity index (χ1n) is 8.14. The largest absolute Gasteiger partial charge is 0.354 e. The van der Waals surface area contributed by atoms with Gasteiger partial charge in [0.25, 0.3) is 0 Å². The molecule has 1 saturated carbocycles. The van der Waals surface area contributed by atoms with Crippen LogP contribution in [0.3, 0.4) is 0 Å². The number of hydrogen-bond acceptors (Lipinski definition) is 3. The summed E-state index contributed by atoms with van der Waals surface area (Å²) < 4.78 is 0. The fourth-order valence-corrected chi connectivity index (χ4v) is 3.46. The standard InChI is InChI=1S/C16H33N3O/c1-5-13(6-2)14(19(3)4)12-18-15(20)11-16(17)9-7-8-10-16/h13-14H,5-12,17H2,1-4H3,(H,18,20). The summed E-state index contributed by atoms with van der Waals surface area (Å²) in [5.41, 5.74) is 6.02. The summed E-state index contributed by atoms with van der Waals surface area (Å²) in [6, 6.07) is 0.409. The first kappa shape index (κ1) is 17.4. The lowest BCUT2D eigenvalue weighted by Gasteiger charge is -2.32. The van der Waals surface area contributed by atoms with Crippen LogP contribution in [0.25, 0.3) is 0 Å². The number of amides is 1. The van der Waals surface area contributed by atoms with Crippen molar-refractivity contribution < 1.29 is 4.79 Å². The zero-order valence-corrected chi connectivity index (χ0v) is 13.7. The van der Waals surface area contributed by atoms with Gasteiger partial charge in [0.1, 0.15) is 0 Å². The number of nitrogens with one attached hydrogen (secondary N) is 1. The first-order valence-corrected chi connectivity index (χ1v) is 8.14. The normalized spacial score (nSPS) is 19.6. The third kappa shape index (κ3) is 5.06. The van der Waals surface area contributed by atoms with E-state index in [4.69, 9.17) is 5.73 Å². The first-order chi connectivity index (χ1) is 9.41. The Morgan fingerprint density at radius 3 is 2.25 bits per heavy atom. The Kier molecular flexibility index (Phi) is 6.96. The summed E-state index contributed by atoms with van der Waals surface area (Å²) in [4.78, 5) is 14.3. The molecule has 1 amide bonds. The predicted molar refractivity (Wildman–Crippen MR) is 84.6 cm³/mol. The zero-order valence-electron chi connectivity index (χ0n) is 13.7. The number of nitrogens with two attached hydrogens (primary N) is 1. The van der Waals surface area contributed by atoms with Crippen molar-refractivity contribution >= 4 is 5.91 Å². The van der Waals surface area contributed by atoms with Crippen LogP contribution in [0.5, 0.6) is 0 Å². The number of rotatable bonds is 8. The van der Waals surface area contributed by atoms with Crippen molar-refractivity contribution in [1.29, 1.82) is 0 Å². The molecule has 0 bridgehead atoms. The lowest BCUT2D eigenvalue weighted by molar-refractivity contribution is -0.122. The molecular weight excluding hydrogens is 250 g/mol. The van der Waals surface area contributed by atoms with Gasteiger partial charge in [-0.25, -0.2) is 0 Å². The van der Waals surface area contributed by atoms with Crippen molar-refractivity contribution in [3.05, 3.63) is 0 Å². The predicted octanol–water partition coefficient (Wildman–Crippen LogP) is 2.13. The van der Waals surface area contributed by atoms with Gasteiger partial charge in [-0.05, 0) is 32.9 Å². The minimum atomic E-state index is -0.243. The number of nitrogens with zero attached hydrogens (tertiary/aromatic N) is 1. The van der Waals surface area contributed by atoms with Crippen molar-refractivity contribution in [2.75, 3.05) is 20.6 Å². The Morgan fingerprint density at radius 1 is 1.25 bits per heavy atom. The van der Waals surface area contributed by atoms with E-state index in [0.29, 0.717) is 18.4 Å². The lowest BCUT2D eigenvalue weighted by Crippen LogP contribution is -2.47. The smallest absolute Gasteiger partial charge is 0.221 e. The molecule has 1 unspecified atom stereocenters. The van der Waals surface area contributed by atoms with Crippen LogP contribution in [0, 0.1) is 5.92 Å². The summed E-state index contributed by atoms with van der Waals surface area (Å²) in [5.74, 6) is 0.746. The Labute approximate surface area is 124 Å². The fraction of sp³-hybridized carbons (Fsp3) is 0.938. The van der Waals surface area contributed by atoms with E-state index in [1.165, 1.54) is 0 Å². The van der Waals surface area contributed by atoms with Crippen LogP contribution < -0.4 is 11.1 Å². The minimum Gasteiger partial charge on any atom is -0.354 e. The molecule has 1 aliphatic rings. The summed E-state index contributed by atoms with van der Waals surface area (Å²) in [6.07, 6.45) is 7.09. The molecule has 0 radical (unpaired) electrons. The molecule has 4 nitrogen and oxygen atoms in total.